The Labute approximate surface area is 168 Å². The summed E-state index contributed by atoms with van der Waals surface area (Å²) in [6, 6.07) is 15.3. The molecule has 5 rings (SSSR count). The molecule has 2 amide bonds. The molecular formula is C23H22N4O2. The molecular weight excluding hydrogens is 364 g/mol. The van der Waals surface area contributed by atoms with Gasteiger partial charge >= 0.3 is 0 Å². The van der Waals surface area contributed by atoms with Crippen molar-refractivity contribution in [2.75, 3.05) is 19.6 Å². The van der Waals surface area contributed by atoms with Gasteiger partial charge in [0.05, 0.1) is 11.0 Å². The summed E-state index contributed by atoms with van der Waals surface area (Å²) in [5, 5.41) is 0. The molecule has 2 aliphatic heterocycles. The second-order valence-electron chi connectivity index (χ2n) is 7.70. The Bertz CT molecular complexity index is 1060. The Balaban J connectivity index is 1.30. The van der Waals surface area contributed by atoms with Crippen LogP contribution in [0.2, 0.25) is 0 Å². The van der Waals surface area contributed by atoms with Gasteiger partial charge in [0.25, 0.3) is 5.91 Å². The van der Waals surface area contributed by atoms with E-state index >= 15 is 0 Å². The first-order chi connectivity index (χ1) is 14.1. The van der Waals surface area contributed by atoms with E-state index in [9.17, 15) is 9.59 Å². The third-order valence-electron chi connectivity index (χ3n) is 5.90. The quantitative estimate of drug-likeness (QED) is 0.750. The Morgan fingerprint density at radius 2 is 1.90 bits per heavy atom. The van der Waals surface area contributed by atoms with Crippen molar-refractivity contribution in [1.29, 1.82) is 0 Å². The number of fused-ring (bicyclic) bond motifs is 2. The predicted octanol–water partition coefficient (Wildman–Crippen LogP) is 3.40. The van der Waals surface area contributed by atoms with Crippen LogP contribution in [0.1, 0.15) is 40.5 Å². The third-order valence-corrected chi connectivity index (χ3v) is 5.90. The van der Waals surface area contributed by atoms with Crippen LogP contribution in [-0.4, -0.2) is 51.2 Å². The maximum atomic E-state index is 13.0. The van der Waals surface area contributed by atoms with Crippen LogP contribution < -0.4 is 0 Å². The molecule has 1 N–H and O–H groups in total. The van der Waals surface area contributed by atoms with E-state index in [-0.39, 0.29) is 24.3 Å². The van der Waals surface area contributed by atoms with E-state index < -0.39 is 0 Å². The highest BCUT2D eigenvalue weighted by Gasteiger charge is 2.34. The number of amides is 2. The number of aromatic amines is 1. The van der Waals surface area contributed by atoms with E-state index in [1.54, 1.807) is 6.07 Å². The lowest BCUT2D eigenvalue weighted by molar-refractivity contribution is -0.132. The summed E-state index contributed by atoms with van der Waals surface area (Å²) < 4.78 is 0. The first-order valence-electron chi connectivity index (χ1n) is 9.94. The van der Waals surface area contributed by atoms with Gasteiger partial charge in [-0.1, -0.05) is 36.9 Å². The summed E-state index contributed by atoms with van der Waals surface area (Å²) in [5.74, 6) is 0.908. The van der Waals surface area contributed by atoms with Gasteiger partial charge in [-0.25, -0.2) is 4.98 Å². The number of imidazole rings is 1. The molecule has 0 saturated carbocycles. The molecule has 0 radical (unpaired) electrons. The molecule has 3 aromatic rings. The number of aromatic nitrogens is 2. The largest absolute Gasteiger partial charge is 0.342 e. The predicted molar refractivity (Wildman–Crippen MR) is 111 cm³/mol. The van der Waals surface area contributed by atoms with Gasteiger partial charge in [0.1, 0.15) is 12.4 Å². The van der Waals surface area contributed by atoms with Gasteiger partial charge in [-0.15, -0.1) is 0 Å². The topological polar surface area (TPSA) is 69.3 Å². The maximum Gasteiger partial charge on any atom is 0.259 e. The van der Waals surface area contributed by atoms with E-state index in [1.807, 2.05) is 47.4 Å². The molecule has 1 aromatic heterocycles. The monoisotopic (exact) mass is 386 g/mol. The first-order valence-corrected chi connectivity index (χ1v) is 9.94. The summed E-state index contributed by atoms with van der Waals surface area (Å²) in [5.41, 5.74) is 3.99. The smallest absolute Gasteiger partial charge is 0.259 e. The summed E-state index contributed by atoms with van der Waals surface area (Å²) >= 11 is 0. The molecule has 29 heavy (non-hydrogen) atoms. The Morgan fingerprint density at radius 3 is 2.69 bits per heavy atom. The van der Waals surface area contributed by atoms with Crippen molar-refractivity contribution >= 4 is 28.5 Å². The standard InChI is InChI=1S/C23H22N4O2/c1-15-17-8-2-3-9-18(17)23(29)27(15)14-21(28)26-12-6-7-16(13-26)22-24-19-10-4-5-11-20(19)25-22/h2-5,8-11,16H,1,6-7,12-14H2,(H,24,25)/t16-/m1/s1. The molecule has 0 spiro atoms. The van der Waals surface area contributed by atoms with Gasteiger partial charge in [-0.05, 0) is 31.0 Å². The Kier molecular flexibility index (Phi) is 4.19. The van der Waals surface area contributed by atoms with Gasteiger partial charge in [-0.3, -0.25) is 14.5 Å². The Morgan fingerprint density at radius 1 is 1.14 bits per heavy atom. The lowest BCUT2D eigenvalue weighted by atomic mass is 9.97. The van der Waals surface area contributed by atoms with Crippen LogP contribution in [0.3, 0.4) is 0 Å². The lowest BCUT2D eigenvalue weighted by Crippen LogP contribution is -2.44. The number of hydrogen-bond donors (Lipinski definition) is 1. The molecule has 2 aromatic carbocycles. The second-order valence-corrected chi connectivity index (χ2v) is 7.70. The second kappa shape index (κ2) is 6.88. The number of likely N-dealkylation sites (tertiary alicyclic amines) is 1. The molecule has 6 heteroatoms. The van der Waals surface area contributed by atoms with Gasteiger partial charge in [0.2, 0.25) is 5.91 Å². The van der Waals surface area contributed by atoms with Crippen LogP contribution in [0.15, 0.2) is 55.1 Å². The van der Waals surface area contributed by atoms with Crippen molar-refractivity contribution in [3.63, 3.8) is 0 Å². The summed E-state index contributed by atoms with van der Waals surface area (Å²) in [7, 11) is 0. The molecule has 6 nitrogen and oxygen atoms in total. The van der Waals surface area contributed by atoms with Crippen molar-refractivity contribution in [3.8, 4) is 0 Å². The number of hydrogen-bond acceptors (Lipinski definition) is 3. The minimum Gasteiger partial charge on any atom is -0.342 e. The SMILES string of the molecule is C=C1c2ccccc2C(=O)N1CC(=O)N1CCC[C@@H](c2nc3ccccc3[nH]2)C1. The fourth-order valence-corrected chi connectivity index (χ4v) is 4.33. The molecule has 1 atom stereocenters. The van der Waals surface area contributed by atoms with Gasteiger partial charge in [-0.2, -0.15) is 0 Å². The van der Waals surface area contributed by atoms with Crippen molar-refractivity contribution in [2.45, 2.75) is 18.8 Å². The van der Waals surface area contributed by atoms with Crippen molar-refractivity contribution < 1.29 is 9.59 Å². The van der Waals surface area contributed by atoms with Crippen molar-refractivity contribution in [1.82, 2.24) is 19.8 Å². The van der Waals surface area contributed by atoms with E-state index in [4.69, 9.17) is 4.98 Å². The molecule has 1 fully saturated rings. The molecule has 0 aliphatic carbocycles. The summed E-state index contributed by atoms with van der Waals surface area (Å²) in [4.78, 5) is 37.2. The van der Waals surface area contributed by atoms with Gasteiger partial charge in [0.15, 0.2) is 0 Å². The van der Waals surface area contributed by atoms with Crippen LogP contribution in [0.25, 0.3) is 16.7 Å². The van der Waals surface area contributed by atoms with E-state index in [0.29, 0.717) is 24.4 Å². The van der Waals surface area contributed by atoms with Crippen LogP contribution in [0.4, 0.5) is 0 Å². The van der Waals surface area contributed by atoms with Crippen LogP contribution in [0, 0.1) is 0 Å². The lowest BCUT2D eigenvalue weighted by Gasteiger charge is -2.33. The molecule has 1 saturated heterocycles. The Hall–Kier alpha value is -3.41. The van der Waals surface area contributed by atoms with E-state index in [0.717, 1.165) is 35.3 Å². The average molecular weight is 386 g/mol. The molecule has 0 unspecified atom stereocenters. The van der Waals surface area contributed by atoms with E-state index in [2.05, 4.69) is 11.6 Å². The number of nitrogens with zero attached hydrogens (tertiary/aromatic N) is 3. The van der Waals surface area contributed by atoms with Crippen molar-refractivity contribution in [3.05, 3.63) is 72.1 Å². The average Bonchev–Trinajstić information content (AvgIpc) is 3.29. The first kappa shape index (κ1) is 17.7. The van der Waals surface area contributed by atoms with Gasteiger partial charge in [0, 0.05) is 35.8 Å². The van der Waals surface area contributed by atoms with Gasteiger partial charge < -0.3 is 9.88 Å². The molecule has 146 valence electrons. The number of benzene rings is 2. The number of para-hydroxylation sites is 2. The third kappa shape index (κ3) is 3.01. The highest BCUT2D eigenvalue weighted by molar-refractivity contribution is 6.10. The zero-order chi connectivity index (χ0) is 20.0. The van der Waals surface area contributed by atoms with Crippen molar-refractivity contribution in [2.24, 2.45) is 0 Å². The highest BCUT2D eigenvalue weighted by atomic mass is 16.2. The zero-order valence-electron chi connectivity index (χ0n) is 16.1. The van der Waals surface area contributed by atoms with Crippen LogP contribution >= 0.6 is 0 Å². The van der Waals surface area contributed by atoms with E-state index in [1.165, 1.54) is 4.90 Å². The molecule has 2 aliphatic rings. The number of nitrogens with one attached hydrogen (secondary N) is 1. The fourth-order valence-electron chi connectivity index (χ4n) is 4.33. The summed E-state index contributed by atoms with van der Waals surface area (Å²) in [6.45, 7) is 5.38. The zero-order valence-corrected chi connectivity index (χ0v) is 16.1. The maximum absolute atomic E-state index is 13.0. The fraction of sp³-hybridized carbons (Fsp3) is 0.261. The normalized spacial score (nSPS) is 19.1. The molecule has 0 bridgehead atoms. The number of H-pyrrole nitrogens is 1. The minimum absolute atomic E-state index is 0.0270. The van der Waals surface area contributed by atoms with Crippen LogP contribution in [-0.2, 0) is 4.79 Å². The number of rotatable bonds is 3. The highest BCUT2D eigenvalue weighted by Crippen LogP contribution is 2.32. The number of carbonyl (C=O) groups is 2. The van der Waals surface area contributed by atoms with Crippen LogP contribution in [0.5, 0.6) is 0 Å². The summed E-state index contributed by atoms with van der Waals surface area (Å²) in [6.07, 6.45) is 1.91. The number of piperidine rings is 1. The number of carbonyl (C=O) groups excluding carboxylic acids is 2. The minimum atomic E-state index is -0.148. The molecule has 3 heterocycles.